The summed E-state index contributed by atoms with van der Waals surface area (Å²) in [5, 5.41) is 0. The van der Waals surface area contributed by atoms with Crippen LogP contribution in [-0.4, -0.2) is 97.5 Å². The highest BCUT2D eigenvalue weighted by atomic mass is 16.6. The largest absolute Gasteiger partial charge is 0.467 e. The Morgan fingerprint density at radius 2 is 1.10 bits per heavy atom. The van der Waals surface area contributed by atoms with Crippen molar-refractivity contribution in [2.45, 2.75) is 0 Å². The predicted octanol–water partition coefficient (Wildman–Crippen LogP) is 0.669. The molecule has 0 fully saturated rings. The Morgan fingerprint density at radius 1 is 0.645 bits per heavy atom. The lowest BCUT2D eigenvalue weighted by Crippen LogP contribution is -2.20. The molecule has 0 N–H and O–H groups in total. The van der Waals surface area contributed by atoms with Crippen LogP contribution in [-0.2, 0) is 42.7 Å². The predicted molar refractivity (Wildman–Crippen MR) is 108 cm³/mol. The Morgan fingerprint density at radius 3 is 1.58 bits per heavy atom. The number of ketones is 1. The van der Waals surface area contributed by atoms with Gasteiger partial charge in [0.15, 0.2) is 0 Å². The quantitative estimate of drug-likeness (QED) is 0.131. The number of carbonyl (C=O) groups excluding carboxylic acids is 3. The van der Waals surface area contributed by atoms with Crippen molar-refractivity contribution in [2.75, 3.05) is 79.8 Å². The van der Waals surface area contributed by atoms with Gasteiger partial charge in [-0.2, -0.15) is 0 Å². The fourth-order valence-corrected chi connectivity index (χ4v) is 2.06. The SMILES string of the molecule is COC(=O)COCCOCCOCCOCCOCCOC(=O)C(=O)c1ccccc1. The van der Waals surface area contributed by atoms with Gasteiger partial charge in [0, 0.05) is 5.56 Å². The highest BCUT2D eigenvalue weighted by molar-refractivity contribution is 6.40. The minimum absolute atomic E-state index is 0.00571. The van der Waals surface area contributed by atoms with Crippen LogP contribution in [0.5, 0.6) is 0 Å². The second-order valence-corrected chi connectivity index (χ2v) is 5.91. The molecular weight excluding hydrogens is 412 g/mol. The second kappa shape index (κ2) is 18.4. The van der Waals surface area contributed by atoms with Crippen LogP contribution in [0.15, 0.2) is 30.3 Å². The lowest BCUT2D eigenvalue weighted by Gasteiger charge is -2.08. The van der Waals surface area contributed by atoms with Crippen molar-refractivity contribution in [2.24, 2.45) is 0 Å². The fraction of sp³-hybridized carbons (Fsp3) is 0.571. The first-order valence-electron chi connectivity index (χ1n) is 9.87. The summed E-state index contributed by atoms with van der Waals surface area (Å²) in [4.78, 5) is 34.2. The second-order valence-electron chi connectivity index (χ2n) is 5.91. The van der Waals surface area contributed by atoms with Crippen molar-refractivity contribution in [3.63, 3.8) is 0 Å². The molecule has 0 spiro atoms. The molecule has 31 heavy (non-hydrogen) atoms. The van der Waals surface area contributed by atoms with Gasteiger partial charge in [0.2, 0.25) is 0 Å². The summed E-state index contributed by atoms with van der Waals surface area (Å²) in [6.07, 6.45) is 0. The van der Waals surface area contributed by atoms with Gasteiger partial charge in [-0.05, 0) is 0 Å². The maximum Gasteiger partial charge on any atom is 0.379 e. The summed E-state index contributed by atoms with van der Waals surface area (Å²) in [6, 6.07) is 8.22. The van der Waals surface area contributed by atoms with Gasteiger partial charge in [-0.15, -0.1) is 0 Å². The van der Waals surface area contributed by atoms with Gasteiger partial charge in [0.05, 0.1) is 66.6 Å². The fourth-order valence-electron chi connectivity index (χ4n) is 2.06. The van der Waals surface area contributed by atoms with Crippen molar-refractivity contribution in [1.29, 1.82) is 0 Å². The Kier molecular flexibility index (Phi) is 15.8. The number of Topliss-reactive ketones (excluding diaryl/α,β-unsaturated/α-hetero) is 1. The molecule has 10 nitrogen and oxygen atoms in total. The van der Waals surface area contributed by atoms with Gasteiger partial charge in [-0.3, -0.25) is 4.79 Å². The summed E-state index contributed by atoms with van der Waals surface area (Å²) < 4.78 is 35.5. The Hall–Kier alpha value is -2.37. The van der Waals surface area contributed by atoms with Gasteiger partial charge >= 0.3 is 11.9 Å². The number of esters is 2. The Labute approximate surface area is 181 Å². The summed E-state index contributed by atoms with van der Waals surface area (Å²) in [7, 11) is 1.30. The molecule has 0 bridgehead atoms. The highest BCUT2D eigenvalue weighted by Gasteiger charge is 2.16. The van der Waals surface area contributed by atoms with E-state index in [1.807, 2.05) is 0 Å². The van der Waals surface area contributed by atoms with Crippen LogP contribution in [0.1, 0.15) is 10.4 Å². The van der Waals surface area contributed by atoms with E-state index in [2.05, 4.69) is 4.74 Å². The number of carbonyl (C=O) groups is 3. The molecule has 0 radical (unpaired) electrons. The Balaban J connectivity index is 1.80. The van der Waals surface area contributed by atoms with Crippen molar-refractivity contribution >= 4 is 17.7 Å². The number of methoxy groups -OCH3 is 1. The third-order valence-electron chi connectivity index (χ3n) is 3.62. The topological polar surface area (TPSA) is 116 Å². The molecule has 0 aliphatic rings. The normalized spacial score (nSPS) is 10.6. The first-order chi connectivity index (χ1) is 15.1. The van der Waals surface area contributed by atoms with Crippen LogP contribution in [0.3, 0.4) is 0 Å². The average molecular weight is 442 g/mol. The number of hydrogen-bond donors (Lipinski definition) is 0. The molecule has 0 saturated heterocycles. The third-order valence-corrected chi connectivity index (χ3v) is 3.62. The van der Waals surface area contributed by atoms with E-state index in [1.54, 1.807) is 30.3 Å². The zero-order valence-corrected chi connectivity index (χ0v) is 17.7. The molecule has 1 aromatic rings. The molecule has 0 aromatic heterocycles. The van der Waals surface area contributed by atoms with Crippen LogP contribution in [0.4, 0.5) is 0 Å². The lowest BCUT2D eigenvalue weighted by atomic mass is 10.1. The number of benzene rings is 1. The molecule has 10 heteroatoms. The average Bonchev–Trinajstić information content (AvgIpc) is 2.80. The maximum absolute atomic E-state index is 11.8. The van der Waals surface area contributed by atoms with E-state index in [-0.39, 0.29) is 19.8 Å². The molecule has 0 unspecified atom stereocenters. The molecule has 0 amide bonds. The summed E-state index contributed by atoms with van der Waals surface area (Å²) >= 11 is 0. The standard InChI is InChI=1S/C21H30O10/c1-25-19(22)17-30-14-13-28-10-9-26-7-8-27-11-12-29-15-16-31-21(24)20(23)18-5-3-2-4-6-18/h2-6H,7-17H2,1H3. The van der Waals surface area contributed by atoms with E-state index >= 15 is 0 Å². The van der Waals surface area contributed by atoms with E-state index < -0.39 is 17.7 Å². The summed E-state index contributed by atoms with van der Waals surface area (Å²) in [6.45, 7) is 3.12. The van der Waals surface area contributed by atoms with Crippen LogP contribution in [0.2, 0.25) is 0 Å². The summed E-state index contributed by atoms with van der Waals surface area (Å²) in [5.74, 6) is -2.00. The van der Waals surface area contributed by atoms with E-state index in [0.717, 1.165) is 0 Å². The lowest BCUT2D eigenvalue weighted by molar-refractivity contribution is -0.146. The smallest absolute Gasteiger partial charge is 0.379 e. The maximum atomic E-state index is 11.8. The van der Waals surface area contributed by atoms with Gasteiger partial charge in [-0.1, -0.05) is 30.3 Å². The van der Waals surface area contributed by atoms with E-state index in [1.165, 1.54) is 7.11 Å². The van der Waals surface area contributed by atoms with Crippen LogP contribution in [0.25, 0.3) is 0 Å². The van der Waals surface area contributed by atoms with Gasteiger partial charge in [0.1, 0.15) is 13.2 Å². The molecular formula is C21H30O10. The zero-order chi connectivity index (χ0) is 22.6. The van der Waals surface area contributed by atoms with E-state index in [9.17, 15) is 14.4 Å². The monoisotopic (exact) mass is 442 g/mol. The third kappa shape index (κ3) is 14.3. The van der Waals surface area contributed by atoms with Crippen molar-refractivity contribution in [1.82, 2.24) is 0 Å². The zero-order valence-electron chi connectivity index (χ0n) is 17.7. The Bertz CT molecular complexity index is 620. The number of hydrogen-bond acceptors (Lipinski definition) is 10. The molecule has 0 aliphatic carbocycles. The van der Waals surface area contributed by atoms with Crippen LogP contribution in [0, 0.1) is 0 Å². The van der Waals surface area contributed by atoms with Crippen LogP contribution < -0.4 is 0 Å². The number of ether oxygens (including phenoxy) is 7. The van der Waals surface area contributed by atoms with Gasteiger partial charge in [-0.25, -0.2) is 9.59 Å². The van der Waals surface area contributed by atoms with Crippen molar-refractivity contribution in [3.8, 4) is 0 Å². The minimum atomic E-state index is -0.902. The minimum Gasteiger partial charge on any atom is -0.467 e. The van der Waals surface area contributed by atoms with Gasteiger partial charge < -0.3 is 33.2 Å². The van der Waals surface area contributed by atoms with E-state index in [4.69, 9.17) is 28.4 Å². The van der Waals surface area contributed by atoms with E-state index in [0.29, 0.717) is 58.4 Å². The number of rotatable bonds is 19. The molecule has 1 aromatic carbocycles. The molecule has 0 heterocycles. The highest BCUT2D eigenvalue weighted by Crippen LogP contribution is 2.01. The summed E-state index contributed by atoms with van der Waals surface area (Å²) in [5.41, 5.74) is 0.292. The molecule has 0 atom stereocenters. The first-order valence-corrected chi connectivity index (χ1v) is 9.87. The van der Waals surface area contributed by atoms with Gasteiger partial charge in [0.25, 0.3) is 5.78 Å². The van der Waals surface area contributed by atoms with Crippen LogP contribution >= 0.6 is 0 Å². The molecule has 1 rings (SSSR count). The van der Waals surface area contributed by atoms with Crippen molar-refractivity contribution < 1.29 is 47.5 Å². The first kappa shape index (κ1) is 26.7. The molecule has 174 valence electrons. The molecule has 0 aliphatic heterocycles. The molecule has 0 saturated carbocycles. The van der Waals surface area contributed by atoms with Crippen molar-refractivity contribution in [3.05, 3.63) is 35.9 Å².